The van der Waals surface area contributed by atoms with Crippen LogP contribution in [0.4, 0.5) is 4.79 Å². The van der Waals surface area contributed by atoms with E-state index in [1.165, 1.54) is 11.3 Å². The number of thiophene rings is 1. The van der Waals surface area contributed by atoms with Crippen molar-refractivity contribution in [1.29, 1.82) is 0 Å². The lowest BCUT2D eigenvalue weighted by Gasteiger charge is -2.23. The van der Waals surface area contributed by atoms with Crippen LogP contribution in [-0.2, 0) is 9.53 Å². The van der Waals surface area contributed by atoms with E-state index in [0.717, 1.165) is 10.4 Å². The molecule has 1 aromatic rings. The normalized spacial score (nSPS) is 12.8. The lowest BCUT2D eigenvalue weighted by Crippen LogP contribution is -2.35. The zero-order valence-electron chi connectivity index (χ0n) is 11.5. The van der Waals surface area contributed by atoms with Crippen LogP contribution in [0, 0.1) is 6.92 Å². The molecule has 6 heteroatoms. The van der Waals surface area contributed by atoms with Crippen LogP contribution in [0.2, 0.25) is 0 Å². The number of amides is 1. The van der Waals surface area contributed by atoms with Crippen LogP contribution in [0.5, 0.6) is 0 Å². The van der Waals surface area contributed by atoms with E-state index in [2.05, 4.69) is 5.32 Å². The molecule has 0 saturated heterocycles. The van der Waals surface area contributed by atoms with Crippen molar-refractivity contribution in [2.24, 2.45) is 0 Å². The summed E-state index contributed by atoms with van der Waals surface area (Å²) < 4.78 is 5.15. The molecule has 0 aromatic carbocycles. The van der Waals surface area contributed by atoms with Gasteiger partial charge in [-0.2, -0.15) is 0 Å². The molecule has 19 heavy (non-hydrogen) atoms. The Bertz CT molecular complexity index is 461. The van der Waals surface area contributed by atoms with E-state index in [4.69, 9.17) is 9.84 Å². The third-order valence-electron chi connectivity index (χ3n) is 2.34. The summed E-state index contributed by atoms with van der Waals surface area (Å²) in [4.78, 5) is 23.6. The fourth-order valence-corrected chi connectivity index (χ4v) is 2.38. The molecule has 0 aliphatic rings. The minimum Gasteiger partial charge on any atom is -0.481 e. The van der Waals surface area contributed by atoms with E-state index in [1.807, 2.05) is 18.4 Å². The van der Waals surface area contributed by atoms with Crippen LogP contribution >= 0.6 is 11.3 Å². The lowest BCUT2D eigenvalue weighted by atomic mass is 10.1. The molecule has 0 spiro atoms. The van der Waals surface area contributed by atoms with E-state index in [1.54, 1.807) is 20.8 Å². The number of hydrogen-bond donors (Lipinski definition) is 2. The van der Waals surface area contributed by atoms with E-state index in [9.17, 15) is 9.59 Å². The van der Waals surface area contributed by atoms with Crippen molar-refractivity contribution in [3.05, 3.63) is 21.9 Å². The highest BCUT2D eigenvalue weighted by atomic mass is 32.1. The van der Waals surface area contributed by atoms with Gasteiger partial charge in [0.2, 0.25) is 0 Å². The molecular weight excluding hydrogens is 266 g/mol. The van der Waals surface area contributed by atoms with E-state index in [0.29, 0.717) is 0 Å². The predicted octanol–water partition coefficient (Wildman–Crippen LogP) is 3.10. The van der Waals surface area contributed by atoms with Gasteiger partial charge >= 0.3 is 12.1 Å². The quantitative estimate of drug-likeness (QED) is 0.891. The summed E-state index contributed by atoms with van der Waals surface area (Å²) in [5.41, 5.74) is 0.208. The number of aliphatic carboxylic acids is 1. The average Bonchev–Trinajstić information content (AvgIpc) is 2.59. The Morgan fingerprint density at radius 1 is 1.47 bits per heavy atom. The van der Waals surface area contributed by atoms with Crippen molar-refractivity contribution < 1.29 is 19.4 Å². The molecule has 1 atom stereocenters. The van der Waals surface area contributed by atoms with E-state index in [-0.39, 0.29) is 6.42 Å². The topological polar surface area (TPSA) is 75.6 Å². The summed E-state index contributed by atoms with van der Waals surface area (Å²) in [6.45, 7) is 7.17. The molecule has 0 fully saturated rings. The van der Waals surface area contributed by atoms with Crippen molar-refractivity contribution in [1.82, 2.24) is 5.32 Å². The van der Waals surface area contributed by atoms with Gasteiger partial charge in [-0.05, 0) is 44.7 Å². The van der Waals surface area contributed by atoms with Gasteiger partial charge in [-0.3, -0.25) is 4.79 Å². The SMILES string of the molecule is Cc1sccc1C(CC(=O)O)NC(=O)OC(C)(C)C. The van der Waals surface area contributed by atoms with Crippen molar-refractivity contribution in [2.45, 2.75) is 45.8 Å². The number of carbonyl (C=O) groups is 2. The Morgan fingerprint density at radius 2 is 2.11 bits per heavy atom. The second-order valence-corrected chi connectivity index (χ2v) is 6.35. The number of nitrogens with one attached hydrogen (secondary N) is 1. The molecule has 0 saturated carbocycles. The standard InChI is InChI=1S/C13H19NO4S/c1-8-9(5-6-19-8)10(7-11(15)16)14-12(17)18-13(2,3)4/h5-6,10H,7H2,1-4H3,(H,14,17)(H,15,16). The van der Waals surface area contributed by atoms with Crippen molar-refractivity contribution >= 4 is 23.4 Å². The van der Waals surface area contributed by atoms with Crippen molar-refractivity contribution in [3.8, 4) is 0 Å². The molecule has 1 amide bonds. The summed E-state index contributed by atoms with van der Waals surface area (Å²) >= 11 is 1.52. The number of carbonyl (C=O) groups excluding carboxylic acids is 1. The van der Waals surface area contributed by atoms with Gasteiger partial charge in [0.25, 0.3) is 0 Å². The Balaban J connectivity index is 2.79. The second-order valence-electron chi connectivity index (χ2n) is 5.23. The zero-order chi connectivity index (χ0) is 14.6. The lowest BCUT2D eigenvalue weighted by molar-refractivity contribution is -0.137. The molecule has 0 aliphatic heterocycles. The number of ether oxygens (including phenoxy) is 1. The van der Waals surface area contributed by atoms with Gasteiger partial charge in [-0.15, -0.1) is 11.3 Å². The number of aryl methyl sites for hydroxylation is 1. The fourth-order valence-electron chi connectivity index (χ4n) is 1.62. The highest BCUT2D eigenvalue weighted by Gasteiger charge is 2.23. The largest absolute Gasteiger partial charge is 0.481 e. The van der Waals surface area contributed by atoms with Crippen LogP contribution in [0.3, 0.4) is 0 Å². The van der Waals surface area contributed by atoms with Crippen LogP contribution in [0.15, 0.2) is 11.4 Å². The number of hydrogen-bond acceptors (Lipinski definition) is 4. The van der Waals surface area contributed by atoms with E-state index < -0.39 is 23.7 Å². The molecule has 0 aliphatic carbocycles. The van der Waals surface area contributed by atoms with Crippen LogP contribution < -0.4 is 5.32 Å². The van der Waals surface area contributed by atoms with Gasteiger partial charge in [-0.1, -0.05) is 0 Å². The molecule has 1 rings (SSSR count). The Kier molecular flexibility index (Phi) is 4.94. The zero-order valence-corrected chi connectivity index (χ0v) is 12.3. The molecule has 0 radical (unpaired) electrons. The fraction of sp³-hybridized carbons (Fsp3) is 0.538. The second kappa shape index (κ2) is 6.06. The highest BCUT2D eigenvalue weighted by molar-refractivity contribution is 7.10. The summed E-state index contributed by atoms with van der Waals surface area (Å²) in [6.07, 6.45) is -0.777. The van der Waals surface area contributed by atoms with Crippen LogP contribution in [0.1, 0.15) is 43.7 Å². The minimum absolute atomic E-state index is 0.170. The number of alkyl carbamates (subject to hydrolysis) is 1. The van der Waals surface area contributed by atoms with Crippen molar-refractivity contribution in [3.63, 3.8) is 0 Å². The molecule has 2 N–H and O–H groups in total. The maximum atomic E-state index is 11.7. The van der Waals surface area contributed by atoms with Gasteiger partial charge in [0.05, 0.1) is 12.5 Å². The molecule has 0 bridgehead atoms. The summed E-state index contributed by atoms with van der Waals surface area (Å²) in [6, 6.07) is 1.25. The first-order valence-electron chi connectivity index (χ1n) is 5.94. The summed E-state index contributed by atoms with van der Waals surface area (Å²) in [5, 5.41) is 13.4. The maximum Gasteiger partial charge on any atom is 0.408 e. The first kappa shape index (κ1) is 15.5. The Hall–Kier alpha value is -1.56. The molecule has 1 aromatic heterocycles. The van der Waals surface area contributed by atoms with Crippen LogP contribution in [-0.4, -0.2) is 22.8 Å². The average molecular weight is 285 g/mol. The molecule has 106 valence electrons. The predicted molar refractivity (Wildman–Crippen MR) is 73.4 cm³/mol. The van der Waals surface area contributed by atoms with Crippen molar-refractivity contribution in [2.75, 3.05) is 0 Å². The summed E-state index contributed by atoms with van der Waals surface area (Å²) in [5.74, 6) is -0.966. The highest BCUT2D eigenvalue weighted by Crippen LogP contribution is 2.25. The van der Waals surface area contributed by atoms with E-state index >= 15 is 0 Å². The molecule has 1 heterocycles. The van der Waals surface area contributed by atoms with Gasteiger partial charge in [-0.25, -0.2) is 4.79 Å². The first-order chi connectivity index (χ1) is 8.69. The third kappa shape index (κ3) is 5.30. The maximum absolute atomic E-state index is 11.7. The summed E-state index contributed by atoms with van der Waals surface area (Å²) in [7, 11) is 0. The molecular formula is C13H19NO4S. The smallest absolute Gasteiger partial charge is 0.408 e. The number of rotatable bonds is 4. The first-order valence-corrected chi connectivity index (χ1v) is 6.82. The Morgan fingerprint density at radius 3 is 2.53 bits per heavy atom. The van der Waals surface area contributed by atoms with Gasteiger partial charge in [0, 0.05) is 4.88 Å². The van der Waals surface area contributed by atoms with Gasteiger partial charge in [0.1, 0.15) is 5.60 Å². The van der Waals surface area contributed by atoms with Gasteiger partial charge < -0.3 is 15.2 Å². The minimum atomic E-state index is -0.966. The number of carboxylic acids is 1. The third-order valence-corrected chi connectivity index (χ3v) is 3.21. The molecule has 5 nitrogen and oxygen atoms in total. The van der Waals surface area contributed by atoms with Crippen LogP contribution in [0.25, 0.3) is 0 Å². The Labute approximate surface area is 116 Å². The monoisotopic (exact) mass is 285 g/mol. The van der Waals surface area contributed by atoms with Gasteiger partial charge in [0.15, 0.2) is 0 Å². The number of carboxylic acid groups (broad SMARTS) is 1. The molecule has 1 unspecified atom stereocenters.